The lowest BCUT2D eigenvalue weighted by Gasteiger charge is -2.07. The molecule has 134 valence electrons. The lowest BCUT2D eigenvalue weighted by Crippen LogP contribution is -2.25. The van der Waals surface area contributed by atoms with Crippen molar-refractivity contribution >= 4 is 17.8 Å². The van der Waals surface area contributed by atoms with Gasteiger partial charge in [-0.3, -0.25) is 4.79 Å². The van der Waals surface area contributed by atoms with Crippen molar-refractivity contribution in [3.63, 3.8) is 0 Å². The maximum atomic E-state index is 12.2. The Bertz CT molecular complexity index is 844. The minimum Gasteiger partial charge on any atom is -0.497 e. The fourth-order valence-electron chi connectivity index (χ4n) is 2.52. The first-order valence-electron chi connectivity index (χ1n) is 8.20. The standard InChI is InChI=1S/C20H20N2O4/c1-24-16-8-9-18(25-2)14(12-16)13-17-20(23)22-19(21-17)10-11-26-15-6-4-3-5-7-15/h3-9,12-13H,10-11H2,1-2H3,(H,21,22,23)/b17-13-. The molecule has 1 aliphatic heterocycles. The Labute approximate surface area is 152 Å². The summed E-state index contributed by atoms with van der Waals surface area (Å²) in [5.74, 6) is 2.44. The summed E-state index contributed by atoms with van der Waals surface area (Å²) in [7, 11) is 3.16. The zero-order valence-corrected chi connectivity index (χ0v) is 14.7. The predicted molar refractivity (Wildman–Crippen MR) is 99.7 cm³/mol. The van der Waals surface area contributed by atoms with E-state index < -0.39 is 0 Å². The fraction of sp³-hybridized carbons (Fsp3) is 0.200. The Morgan fingerprint density at radius 1 is 1.04 bits per heavy atom. The number of nitrogens with one attached hydrogen (secondary N) is 1. The molecule has 2 aromatic carbocycles. The molecule has 0 aromatic heterocycles. The number of ether oxygens (including phenoxy) is 3. The van der Waals surface area contributed by atoms with Crippen molar-refractivity contribution in [3.05, 3.63) is 59.8 Å². The van der Waals surface area contributed by atoms with E-state index in [-0.39, 0.29) is 5.91 Å². The van der Waals surface area contributed by atoms with E-state index in [2.05, 4.69) is 10.3 Å². The van der Waals surface area contributed by atoms with Gasteiger partial charge in [0.15, 0.2) is 0 Å². The number of para-hydroxylation sites is 1. The van der Waals surface area contributed by atoms with E-state index in [1.54, 1.807) is 38.5 Å². The molecule has 2 aromatic rings. The summed E-state index contributed by atoms with van der Waals surface area (Å²) in [6, 6.07) is 14.9. The molecular weight excluding hydrogens is 332 g/mol. The van der Waals surface area contributed by atoms with E-state index >= 15 is 0 Å². The molecule has 1 amide bonds. The molecule has 0 spiro atoms. The summed E-state index contributed by atoms with van der Waals surface area (Å²) >= 11 is 0. The second kappa shape index (κ2) is 8.20. The lowest BCUT2D eigenvalue weighted by atomic mass is 10.1. The molecule has 3 rings (SSSR count). The first kappa shape index (κ1) is 17.5. The number of amidine groups is 1. The van der Waals surface area contributed by atoms with E-state index in [9.17, 15) is 4.79 Å². The number of rotatable bonds is 7. The Morgan fingerprint density at radius 2 is 1.85 bits per heavy atom. The molecule has 0 radical (unpaired) electrons. The third kappa shape index (κ3) is 4.22. The van der Waals surface area contributed by atoms with E-state index in [4.69, 9.17) is 14.2 Å². The van der Waals surface area contributed by atoms with Gasteiger partial charge in [-0.1, -0.05) is 18.2 Å². The molecule has 1 N–H and O–H groups in total. The van der Waals surface area contributed by atoms with Gasteiger partial charge in [0, 0.05) is 12.0 Å². The van der Waals surface area contributed by atoms with Crippen LogP contribution < -0.4 is 19.5 Å². The van der Waals surface area contributed by atoms with E-state index in [1.165, 1.54) is 0 Å². The van der Waals surface area contributed by atoms with Crippen LogP contribution in [0.25, 0.3) is 6.08 Å². The molecule has 26 heavy (non-hydrogen) atoms. The number of amides is 1. The van der Waals surface area contributed by atoms with E-state index in [0.29, 0.717) is 36.1 Å². The van der Waals surface area contributed by atoms with Gasteiger partial charge < -0.3 is 19.5 Å². The van der Waals surface area contributed by atoms with Crippen molar-refractivity contribution in [2.45, 2.75) is 6.42 Å². The average molecular weight is 352 g/mol. The number of carbonyl (C=O) groups is 1. The summed E-state index contributed by atoms with van der Waals surface area (Å²) in [6.45, 7) is 0.429. The van der Waals surface area contributed by atoms with Gasteiger partial charge in [0.05, 0.1) is 20.8 Å². The number of hydrogen-bond acceptors (Lipinski definition) is 5. The van der Waals surface area contributed by atoms with Crippen LogP contribution in [0.1, 0.15) is 12.0 Å². The highest BCUT2D eigenvalue weighted by Crippen LogP contribution is 2.27. The molecule has 0 atom stereocenters. The van der Waals surface area contributed by atoms with Crippen molar-refractivity contribution < 1.29 is 19.0 Å². The van der Waals surface area contributed by atoms with Crippen LogP contribution in [0.2, 0.25) is 0 Å². The van der Waals surface area contributed by atoms with Crippen LogP contribution in [0.15, 0.2) is 59.2 Å². The van der Waals surface area contributed by atoms with Crippen LogP contribution in [0, 0.1) is 0 Å². The Morgan fingerprint density at radius 3 is 2.58 bits per heavy atom. The van der Waals surface area contributed by atoms with Crippen LogP contribution in [0.5, 0.6) is 17.2 Å². The summed E-state index contributed by atoms with van der Waals surface area (Å²) < 4.78 is 16.2. The van der Waals surface area contributed by atoms with Crippen molar-refractivity contribution in [2.24, 2.45) is 4.99 Å². The van der Waals surface area contributed by atoms with Crippen molar-refractivity contribution in [2.75, 3.05) is 20.8 Å². The van der Waals surface area contributed by atoms with Crippen LogP contribution >= 0.6 is 0 Å². The molecule has 0 bridgehead atoms. The molecule has 0 unspecified atom stereocenters. The number of hydrogen-bond donors (Lipinski definition) is 1. The molecule has 1 heterocycles. The Hall–Kier alpha value is -3.28. The molecule has 6 heteroatoms. The fourth-order valence-corrected chi connectivity index (χ4v) is 2.52. The normalized spacial score (nSPS) is 14.8. The Balaban J connectivity index is 1.70. The molecular formula is C20H20N2O4. The van der Waals surface area contributed by atoms with Crippen molar-refractivity contribution in [3.8, 4) is 17.2 Å². The quantitative estimate of drug-likeness (QED) is 0.778. The van der Waals surface area contributed by atoms with E-state index in [0.717, 1.165) is 11.3 Å². The highest BCUT2D eigenvalue weighted by Gasteiger charge is 2.20. The smallest absolute Gasteiger partial charge is 0.275 e. The van der Waals surface area contributed by atoms with Gasteiger partial charge in [-0.15, -0.1) is 0 Å². The topological polar surface area (TPSA) is 69.2 Å². The first-order valence-corrected chi connectivity index (χ1v) is 8.20. The second-order valence-electron chi connectivity index (χ2n) is 5.56. The molecule has 0 fully saturated rings. The number of benzene rings is 2. The number of carbonyl (C=O) groups excluding carboxylic acids is 1. The predicted octanol–water partition coefficient (Wildman–Crippen LogP) is 3.04. The molecule has 1 aliphatic rings. The zero-order valence-electron chi connectivity index (χ0n) is 14.7. The lowest BCUT2D eigenvalue weighted by molar-refractivity contribution is -0.115. The third-order valence-corrected chi connectivity index (χ3v) is 3.83. The summed E-state index contributed by atoms with van der Waals surface area (Å²) in [5, 5.41) is 2.77. The van der Waals surface area contributed by atoms with Gasteiger partial charge in [0.1, 0.15) is 28.8 Å². The van der Waals surface area contributed by atoms with Crippen LogP contribution in [-0.4, -0.2) is 32.6 Å². The molecule has 0 saturated carbocycles. The maximum absolute atomic E-state index is 12.2. The number of aliphatic imine (C=N–C) groups is 1. The van der Waals surface area contributed by atoms with Gasteiger partial charge in [-0.2, -0.15) is 0 Å². The summed E-state index contributed by atoms with van der Waals surface area (Å²) in [5.41, 5.74) is 1.05. The summed E-state index contributed by atoms with van der Waals surface area (Å²) in [4.78, 5) is 16.5. The van der Waals surface area contributed by atoms with Gasteiger partial charge in [-0.05, 0) is 36.4 Å². The van der Waals surface area contributed by atoms with Gasteiger partial charge in [0.2, 0.25) is 0 Å². The second-order valence-corrected chi connectivity index (χ2v) is 5.56. The van der Waals surface area contributed by atoms with Crippen LogP contribution in [-0.2, 0) is 4.79 Å². The van der Waals surface area contributed by atoms with Gasteiger partial charge in [-0.25, -0.2) is 4.99 Å². The van der Waals surface area contributed by atoms with Crippen LogP contribution in [0.4, 0.5) is 0 Å². The zero-order chi connectivity index (χ0) is 18.4. The minimum atomic E-state index is -0.246. The van der Waals surface area contributed by atoms with Crippen molar-refractivity contribution in [1.82, 2.24) is 5.32 Å². The SMILES string of the molecule is COc1ccc(OC)c(/C=C2\N=C(CCOc3ccccc3)NC2=O)c1. The minimum absolute atomic E-state index is 0.246. The van der Waals surface area contributed by atoms with Crippen molar-refractivity contribution in [1.29, 1.82) is 0 Å². The molecule has 0 aliphatic carbocycles. The monoisotopic (exact) mass is 352 g/mol. The molecule has 0 saturated heterocycles. The molecule has 6 nitrogen and oxygen atoms in total. The van der Waals surface area contributed by atoms with E-state index in [1.807, 2.05) is 30.3 Å². The Kier molecular flexibility index (Phi) is 5.53. The van der Waals surface area contributed by atoms with Gasteiger partial charge in [0.25, 0.3) is 5.91 Å². The average Bonchev–Trinajstić information content (AvgIpc) is 3.02. The number of nitrogens with zero attached hydrogens (tertiary/aromatic N) is 1. The summed E-state index contributed by atoms with van der Waals surface area (Å²) in [6.07, 6.45) is 2.19. The van der Waals surface area contributed by atoms with Gasteiger partial charge >= 0.3 is 0 Å². The highest BCUT2D eigenvalue weighted by molar-refractivity contribution is 6.14. The number of methoxy groups -OCH3 is 2. The first-order chi connectivity index (χ1) is 12.7. The van der Waals surface area contributed by atoms with Crippen LogP contribution in [0.3, 0.4) is 0 Å². The third-order valence-electron chi connectivity index (χ3n) is 3.83. The largest absolute Gasteiger partial charge is 0.497 e. The highest BCUT2D eigenvalue weighted by atomic mass is 16.5. The maximum Gasteiger partial charge on any atom is 0.275 e.